The Kier molecular flexibility index (Phi) is 9.32. The van der Waals surface area contributed by atoms with Crippen LogP contribution in [0.2, 0.25) is 0 Å². The van der Waals surface area contributed by atoms with Gasteiger partial charge in [0, 0.05) is 0 Å². The highest BCUT2D eigenvalue weighted by Gasteiger charge is 2.23. The van der Waals surface area contributed by atoms with Gasteiger partial charge in [-0.1, -0.05) is 61.6 Å². The third-order valence-electron chi connectivity index (χ3n) is 4.04. The molecular weight excluding hydrogens is 212 g/mol. The Morgan fingerprint density at radius 3 is 2.06 bits per heavy atom. The summed E-state index contributed by atoms with van der Waals surface area (Å²) in [6, 6.07) is 0. The first-order valence-corrected chi connectivity index (χ1v) is 8.28. The molecule has 0 fully saturated rings. The van der Waals surface area contributed by atoms with Gasteiger partial charge in [0.2, 0.25) is 0 Å². The number of hydrogen-bond acceptors (Lipinski definition) is 1. The van der Waals surface area contributed by atoms with Crippen molar-refractivity contribution in [2.45, 2.75) is 78.2 Å². The fourth-order valence-electron chi connectivity index (χ4n) is 2.42. The van der Waals surface area contributed by atoms with Crippen LogP contribution in [0.25, 0.3) is 0 Å². The summed E-state index contributed by atoms with van der Waals surface area (Å²) < 4.78 is 4.81. The summed E-state index contributed by atoms with van der Waals surface area (Å²) in [4.78, 5) is 0. The fraction of sp³-hybridized carbons (Fsp3) is 1.00. The zero-order valence-electron chi connectivity index (χ0n) is 11.9. The van der Waals surface area contributed by atoms with Crippen molar-refractivity contribution in [1.82, 2.24) is 0 Å². The second-order valence-electron chi connectivity index (χ2n) is 4.81. The van der Waals surface area contributed by atoms with E-state index < -0.39 is 0 Å². The van der Waals surface area contributed by atoms with Crippen molar-refractivity contribution in [3.05, 3.63) is 0 Å². The number of hydrogen-bond donors (Lipinski definition) is 0. The monoisotopic (exact) mass is 241 g/mol. The maximum absolute atomic E-state index is 4.81. The summed E-state index contributed by atoms with van der Waals surface area (Å²) >= 11 is 0. The quantitative estimate of drug-likeness (QED) is 0.405. The van der Waals surface area contributed by atoms with Crippen LogP contribution >= 0.6 is 8.25 Å². The van der Waals surface area contributed by atoms with Gasteiger partial charge in [0.1, 0.15) is 0 Å². The Morgan fingerprint density at radius 1 is 1.12 bits per heavy atom. The van der Waals surface area contributed by atoms with Crippen LogP contribution in [-0.2, 0) is 0 Å². The molecular formula is C13H29BNP. The highest BCUT2D eigenvalue weighted by Crippen LogP contribution is 2.31. The molecule has 0 aliphatic rings. The van der Waals surface area contributed by atoms with Gasteiger partial charge in [0.25, 0.3) is 0 Å². The molecule has 0 aromatic heterocycles. The molecule has 16 heavy (non-hydrogen) atoms. The molecule has 0 aliphatic heterocycles. The molecule has 0 radical (unpaired) electrons. The second kappa shape index (κ2) is 9.22. The number of nitrogens with zero attached hydrogens (tertiary/aromatic N) is 1. The Bertz CT molecular complexity index is 186. The van der Waals surface area contributed by atoms with E-state index in [1.165, 1.54) is 53.2 Å². The molecule has 0 amide bonds. The van der Waals surface area contributed by atoms with Crippen LogP contribution in [0.4, 0.5) is 0 Å². The molecule has 3 heteroatoms. The topological polar surface area (TPSA) is 12.4 Å². The standard InChI is InChI=1S/C13H29BNP/c1-5-12(6-2)10-9-11-13(7-3,8-4)15-16-14/h12H,5-11,14H2,1-4H3. The molecule has 0 aromatic carbocycles. The second-order valence-corrected chi connectivity index (χ2v) is 5.41. The largest absolute Gasteiger partial charge is 0.274 e. The molecule has 0 atom stereocenters. The van der Waals surface area contributed by atoms with E-state index in [4.69, 9.17) is 4.74 Å². The lowest BCUT2D eigenvalue weighted by molar-refractivity contribution is 0.335. The molecule has 0 aromatic rings. The van der Waals surface area contributed by atoms with Gasteiger partial charge in [-0.3, -0.25) is 4.74 Å². The minimum atomic E-state index is 0.280. The van der Waals surface area contributed by atoms with Gasteiger partial charge in [0.15, 0.2) is 7.57 Å². The first-order valence-electron chi connectivity index (χ1n) is 6.98. The van der Waals surface area contributed by atoms with Gasteiger partial charge in [0.05, 0.1) is 5.54 Å². The Hall–Kier alpha value is 0.165. The lowest BCUT2D eigenvalue weighted by atomic mass is 9.86. The van der Waals surface area contributed by atoms with Crippen molar-refractivity contribution >= 4 is 15.8 Å². The maximum Gasteiger partial charge on any atom is 0.191 e. The Balaban J connectivity index is 4.11. The molecule has 1 nitrogen and oxygen atoms in total. The summed E-state index contributed by atoms with van der Waals surface area (Å²) in [6.45, 7) is 9.21. The highest BCUT2D eigenvalue weighted by atomic mass is 31.1. The van der Waals surface area contributed by atoms with Crippen LogP contribution in [0, 0.1) is 5.92 Å². The van der Waals surface area contributed by atoms with Crippen molar-refractivity contribution < 1.29 is 0 Å². The van der Waals surface area contributed by atoms with E-state index in [2.05, 4.69) is 35.3 Å². The molecule has 0 saturated heterocycles. The molecule has 0 heterocycles. The van der Waals surface area contributed by atoms with Gasteiger partial charge in [-0.05, 0) is 25.2 Å². The molecule has 0 N–H and O–H groups in total. The molecule has 94 valence electrons. The van der Waals surface area contributed by atoms with Gasteiger partial charge in [-0.2, -0.15) is 0 Å². The molecule has 0 aliphatic carbocycles. The lowest BCUT2D eigenvalue weighted by Gasteiger charge is -2.27. The first kappa shape index (κ1) is 16.2. The minimum Gasteiger partial charge on any atom is -0.274 e. The molecule has 0 bridgehead atoms. The first-order chi connectivity index (χ1) is 7.67. The average molecular weight is 241 g/mol. The Labute approximate surface area is 105 Å². The van der Waals surface area contributed by atoms with Crippen LogP contribution < -0.4 is 0 Å². The van der Waals surface area contributed by atoms with Crippen LogP contribution in [-0.4, -0.2) is 13.1 Å². The number of rotatable bonds is 9. The van der Waals surface area contributed by atoms with Gasteiger partial charge >= 0.3 is 0 Å². The smallest absolute Gasteiger partial charge is 0.191 e. The van der Waals surface area contributed by atoms with Crippen molar-refractivity contribution in [1.29, 1.82) is 0 Å². The molecule has 0 unspecified atom stereocenters. The summed E-state index contributed by atoms with van der Waals surface area (Å²) in [6.07, 6.45) is 9.12. The van der Waals surface area contributed by atoms with Crippen LogP contribution in [0.3, 0.4) is 0 Å². The van der Waals surface area contributed by atoms with Crippen molar-refractivity contribution in [2.75, 3.05) is 0 Å². The van der Waals surface area contributed by atoms with Crippen LogP contribution in [0.1, 0.15) is 72.6 Å². The predicted octanol–water partition coefficient (Wildman–Crippen LogP) is 4.83. The summed E-state index contributed by atoms with van der Waals surface area (Å²) in [5, 5.41) is 0. The molecule has 0 rings (SSSR count). The SMILES string of the molecule is BP=NC(CC)(CC)CCCC(CC)CC. The third-order valence-corrected chi connectivity index (χ3v) is 4.66. The lowest BCUT2D eigenvalue weighted by Crippen LogP contribution is -2.23. The summed E-state index contributed by atoms with van der Waals surface area (Å²) in [5.41, 5.74) is 0.280. The van der Waals surface area contributed by atoms with Crippen molar-refractivity contribution in [3.63, 3.8) is 0 Å². The van der Waals surface area contributed by atoms with Crippen LogP contribution in [0.5, 0.6) is 0 Å². The zero-order chi connectivity index (χ0) is 12.4. The van der Waals surface area contributed by atoms with E-state index in [0.717, 1.165) is 5.92 Å². The van der Waals surface area contributed by atoms with E-state index in [1.54, 1.807) is 0 Å². The predicted molar refractivity (Wildman–Crippen MR) is 79.1 cm³/mol. The average Bonchev–Trinajstić information content (AvgIpc) is 2.33. The molecule has 0 spiro atoms. The third kappa shape index (κ3) is 5.48. The van der Waals surface area contributed by atoms with Gasteiger partial charge < -0.3 is 0 Å². The fourth-order valence-corrected chi connectivity index (χ4v) is 3.23. The van der Waals surface area contributed by atoms with E-state index >= 15 is 0 Å². The Morgan fingerprint density at radius 2 is 1.69 bits per heavy atom. The summed E-state index contributed by atoms with van der Waals surface area (Å²) in [7, 11) is 3.34. The van der Waals surface area contributed by atoms with E-state index in [9.17, 15) is 0 Å². The summed E-state index contributed by atoms with van der Waals surface area (Å²) in [5.74, 6) is 0.936. The van der Waals surface area contributed by atoms with E-state index in [0.29, 0.717) is 0 Å². The normalized spacial score (nSPS) is 12.8. The minimum absolute atomic E-state index is 0.280. The van der Waals surface area contributed by atoms with Gasteiger partial charge in [-0.15, -0.1) is 0 Å². The maximum atomic E-state index is 4.81. The highest BCUT2D eigenvalue weighted by molar-refractivity contribution is 7.57. The zero-order valence-corrected chi connectivity index (χ0v) is 12.8. The van der Waals surface area contributed by atoms with E-state index in [-0.39, 0.29) is 5.54 Å². The van der Waals surface area contributed by atoms with Crippen molar-refractivity contribution in [3.8, 4) is 0 Å². The van der Waals surface area contributed by atoms with Crippen molar-refractivity contribution in [2.24, 2.45) is 10.7 Å². The van der Waals surface area contributed by atoms with Crippen LogP contribution in [0.15, 0.2) is 4.74 Å². The molecule has 0 saturated carbocycles. The van der Waals surface area contributed by atoms with E-state index in [1.807, 2.05) is 0 Å². The van der Waals surface area contributed by atoms with Gasteiger partial charge in [-0.25, -0.2) is 0 Å².